The summed E-state index contributed by atoms with van der Waals surface area (Å²) in [4.78, 5) is 29.3. The first-order valence-electron chi connectivity index (χ1n) is 0.894. The van der Waals surface area contributed by atoms with Crippen molar-refractivity contribution in [1.29, 1.82) is 0 Å². The van der Waals surface area contributed by atoms with Crippen LogP contribution in [0.4, 0.5) is 0 Å². The second-order valence-electron chi connectivity index (χ2n) is 0.600. The molecule has 4 nitrogen and oxygen atoms in total. The van der Waals surface area contributed by atoms with Gasteiger partial charge in [0.05, 0.1) is 0 Å². The van der Waals surface area contributed by atoms with Crippen LogP contribution in [0.15, 0.2) is 0 Å². The van der Waals surface area contributed by atoms with Gasteiger partial charge >= 0.3 is 69.8 Å². The minimum Gasteiger partial charge on any atom is 0 e. The Balaban J connectivity index is -0.0000000133. The van der Waals surface area contributed by atoms with E-state index >= 15 is 0 Å². The van der Waals surface area contributed by atoms with Crippen LogP contribution in [0.3, 0.4) is 0 Å². The monoisotopic (exact) mass is 268 g/mol. The van der Waals surface area contributed by atoms with E-state index in [1.807, 2.05) is 0 Å². The molecule has 0 amide bonds. The van der Waals surface area contributed by atoms with E-state index in [0.717, 1.165) is 0 Å². The fourth-order valence-electron chi connectivity index (χ4n) is 0. The van der Waals surface area contributed by atoms with Crippen molar-refractivity contribution in [2.75, 3.05) is 0 Å². The van der Waals surface area contributed by atoms with Crippen molar-refractivity contribution in [1.82, 2.24) is 0 Å². The van der Waals surface area contributed by atoms with E-state index in [9.17, 15) is 0 Å². The molecule has 52 valence electrons. The molecule has 0 aromatic carbocycles. The summed E-state index contributed by atoms with van der Waals surface area (Å²) in [7, 11) is -4.61. The molecule has 0 atom stereocenters. The Kier molecular flexibility index (Phi) is 45.4. The third-order valence-electron chi connectivity index (χ3n) is 0. The summed E-state index contributed by atoms with van der Waals surface area (Å²) < 4.78 is 0. The summed E-state index contributed by atoms with van der Waals surface area (Å²) in [5, 5.41) is 0. The minimum atomic E-state index is -4.61. The van der Waals surface area contributed by atoms with Gasteiger partial charge in [0, 0.05) is 38.8 Å². The zero-order valence-electron chi connectivity index (χ0n) is 3.14. The summed E-state index contributed by atoms with van der Waals surface area (Å²) in [6.45, 7) is 0. The molecule has 0 radical (unpaired) electrons. The Bertz CT molecular complexity index is 36.0. The van der Waals surface area contributed by atoms with Gasteiger partial charge in [-0.2, -0.15) is 0 Å². The fraction of sp³-hybridized carbons (Fsp3) is 0. The SMILES string of the molecule is O[Si](O)(O)O.[CaH2].[Fe].[MgH2].[Ti]. The van der Waals surface area contributed by atoms with Gasteiger partial charge in [0.1, 0.15) is 0 Å². The normalized spacial score (nSPS) is 6.67. The molecule has 0 unspecified atom stereocenters. The first kappa shape index (κ1) is 29.5. The molecule has 0 heterocycles. The molecule has 0 saturated carbocycles. The Morgan fingerprint density at radius 2 is 0.889 bits per heavy atom. The maximum absolute atomic E-state index is 7.33. The van der Waals surface area contributed by atoms with Crippen molar-refractivity contribution in [2.24, 2.45) is 0 Å². The van der Waals surface area contributed by atoms with E-state index in [1.165, 1.54) is 0 Å². The molecule has 0 aliphatic rings. The van der Waals surface area contributed by atoms with Gasteiger partial charge in [-0.05, 0) is 0 Å². The van der Waals surface area contributed by atoms with Crippen LogP contribution >= 0.6 is 0 Å². The Hall–Kier alpha value is 3.32. The number of hydrogen-bond donors (Lipinski definition) is 4. The van der Waals surface area contributed by atoms with E-state index in [0.29, 0.717) is 0 Å². The smallest absolute Gasteiger partial charge is 0 e. The van der Waals surface area contributed by atoms with E-state index in [2.05, 4.69) is 0 Å². The predicted octanol–water partition coefficient (Wildman–Crippen LogP) is -4.45. The molecular formula is H8CaFeMgO4SiTi. The van der Waals surface area contributed by atoms with Crippen LogP contribution in [-0.2, 0) is 38.8 Å². The molecule has 4 N–H and O–H groups in total. The third-order valence-corrected chi connectivity index (χ3v) is 0. The molecule has 0 aliphatic heterocycles. The largest absolute Gasteiger partial charge is 0.316 e. The molecular weight excluding hydrogens is 260 g/mol. The molecule has 0 rings (SSSR count). The standard InChI is InChI=1S/Ca.Fe.Mg.H4O4Si.Ti.4H/c;;;1-5(2,3)4;;;;;/h;;;1-4H;;;;;. The van der Waals surface area contributed by atoms with Crippen molar-refractivity contribution in [3.8, 4) is 0 Å². The third kappa shape index (κ3) is 89.3. The van der Waals surface area contributed by atoms with Crippen LogP contribution < -0.4 is 0 Å². The summed E-state index contributed by atoms with van der Waals surface area (Å²) in [6, 6.07) is 0. The van der Waals surface area contributed by atoms with Crippen molar-refractivity contribution >= 4 is 69.8 Å². The van der Waals surface area contributed by atoms with Crippen molar-refractivity contribution in [3.63, 3.8) is 0 Å². The summed E-state index contributed by atoms with van der Waals surface area (Å²) >= 11 is 0. The van der Waals surface area contributed by atoms with Crippen LogP contribution in [0.25, 0.3) is 0 Å². The van der Waals surface area contributed by atoms with Gasteiger partial charge < -0.3 is 19.2 Å². The van der Waals surface area contributed by atoms with E-state index < -0.39 is 9.05 Å². The van der Waals surface area contributed by atoms with E-state index in [4.69, 9.17) is 19.2 Å². The van der Waals surface area contributed by atoms with Crippen LogP contribution in [0, 0.1) is 0 Å². The first-order valence-corrected chi connectivity index (χ1v) is 2.68. The quantitative estimate of drug-likeness (QED) is 0.334. The molecule has 0 aromatic heterocycles. The Morgan fingerprint density at radius 3 is 0.889 bits per heavy atom. The van der Waals surface area contributed by atoms with Crippen LogP contribution in [0.5, 0.6) is 0 Å². The molecule has 0 spiro atoms. The molecule has 0 aliphatic carbocycles. The number of rotatable bonds is 0. The van der Waals surface area contributed by atoms with Gasteiger partial charge in [-0.15, -0.1) is 0 Å². The molecule has 9 heavy (non-hydrogen) atoms. The van der Waals surface area contributed by atoms with Gasteiger partial charge in [0.15, 0.2) is 0 Å². The van der Waals surface area contributed by atoms with E-state index in [-0.39, 0.29) is 99.6 Å². The van der Waals surface area contributed by atoms with Gasteiger partial charge in [-0.3, -0.25) is 0 Å². The average Bonchev–Trinajstić information content (AvgIpc) is 0.722. The van der Waals surface area contributed by atoms with E-state index in [1.54, 1.807) is 0 Å². The summed E-state index contributed by atoms with van der Waals surface area (Å²) in [5.74, 6) is 0. The second-order valence-corrected chi connectivity index (χ2v) is 1.80. The van der Waals surface area contributed by atoms with Crippen molar-refractivity contribution < 1.29 is 58.0 Å². The summed E-state index contributed by atoms with van der Waals surface area (Å²) in [6.07, 6.45) is 0. The van der Waals surface area contributed by atoms with Crippen LogP contribution in [0.2, 0.25) is 0 Å². The number of hydrogen-bond acceptors (Lipinski definition) is 4. The maximum atomic E-state index is 7.33. The average molecular weight is 268 g/mol. The Labute approximate surface area is 125 Å². The molecule has 0 fully saturated rings. The second kappa shape index (κ2) is 13.9. The molecule has 0 aromatic rings. The van der Waals surface area contributed by atoms with Crippen molar-refractivity contribution in [2.45, 2.75) is 0 Å². The van der Waals surface area contributed by atoms with Gasteiger partial charge in [0.2, 0.25) is 0 Å². The van der Waals surface area contributed by atoms with Crippen LogP contribution in [0.1, 0.15) is 0 Å². The topological polar surface area (TPSA) is 80.9 Å². The van der Waals surface area contributed by atoms with Gasteiger partial charge in [0.25, 0.3) is 0 Å². The zero-order chi connectivity index (χ0) is 4.50. The minimum absolute atomic E-state index is 0. The zero-order valence-corrected chi connectivity index (χ0v) is 6.81. The summed E-state index contributed by atoms with van der Waals surface area (Å²) in [5.41, 5.74) is 0. The van der Waals surface area contributed by atoms with Gasteiger partial charge in [-0.25, -0.2) is 0 Å². The first-order chi connectivity index (χ1) is 2.00. The van der Waals surface area contributed by atoms with Crippen LogP contribution in [-0.4, -0.2) is 89.0 Å². The molecule has 9 heteroatoms. The van der Waals surface area contributed by atoms with Gasteiger partial charge in [-0.1, -0.05) is 0 Å². The maximum Gasteiger partial charge on any atom is 0.316 e. The Morgan fingerprint density at radius 1 is 0.889 bits per heavy atom. The fourth-order valence-corrected chi connectivity index (χ4v) is 0. The molecule has 0 saturated heterocycles. The van der Waals surface area contributed by atoms with Crippen molar-refractivity contribution in [3.05, 3.63) is 0 Å². The molecule has 0 bridgehead atoms. The predicted molar refractivity (Wildman–Crippen MR) is 31.7 cm³/mol.